The highest BCUT2D eigenvalue weighted by atomic mass is 16.5. The van der Waals surface area contributed by atoms with E-state index < -0.39 is 5.97 Å². The molecule has 1 N–H and O–H groups in total. The minimum absolute atomic E-state index is 0.191. The average molecular weight is 376 g/mol. The van der Waals surface area contributed by atoms with E-state index in [1.165, 1.54) is 5.56 Å². The van der Waals surface area contributed by atoms with Gasteiger partial charge >= 0.3 is 5.97 Å². The highest BCUT2D eigenvalue weighted by Gasteiger charge is 2.12. The second-order valence-corrected chi connectivity index (χ2v) is 6.96. The van der Waals surface area contributed by atoms with Crippen molar-refractivity contribution in [1.82, 2.24) is 10.3 Å². The van der Waals surface area contributed by atoms with E-state index in [1.807, 2.05) is 30.3 Å². The summed E-state index contributed by atoms with van der Waals surface area (Å²) in [6.45, 7) is 4.49. The quantitative estimate of drug-likeness (QED) is 0.636. The molecular weight excluding hydrogens is 352 g/mol. The summed E-state index contributed by atoms with van der Waals surface area (Å²) in [5.74, 6) is -0.432. The highest BCUT2D eigenvalue weighted by Crippen LogP contribution is 2.15. The van der Waals surface area contributed by atoms with Crippen molar-refractivity contribution >= 4 is 22.8 Å². The predicted molar refractivity (Wildman–Crippen MR) is 109 cm³/mol. The fourth-order valence-corrected chi connectivity index (χ4v) is 2.85. The topological polar surface area (TPSA) is 68.3 Å². The number of esters is 1. The Morgan fingerprint density at radius 3 is 2.50 bits per heavy atom. The smallest absolute Gasteiger partial charge is 0.357 e. The largest absolute Gasteiger partial charge is 0.451 e. The van der Waals surface area contributed by atoms with Crippen LogP contribution in [0.5, 0.6) is 0 Å². The number of fused-ring (bicyclic) bond motifs is 1. The van der Waals surface area contributed by atoms with Crippen molar-refractivity contribution in [2.24, 2.45) is 0 Å². The van der Waals surface area contributed by atoms with E-state index in [-0.39, 0.29) is 18.2 Å². The van der Waals surface area contributed by atoms with Crippen LogP contribution in [0.15, 0.2) is 60.7 Å². The summed E-state index contributed by atoms with van der Waals surface area (Å²) in [5.41, 5.74) is 3.35. The molecule has 0 atom stereocenters. The lowest BCUT2D eigenvalue weighted by Gasteiger charge is -2.08. The van der Waals surface area contributed by atoms with Crippen LogP contribution in [0.1, 0.15) is 41.4 Å². The van der Waals surface area contributed by atoms with Gasteiger partial charge in [0.05, 0.1) is 5.52 Å². The van der Waals surface area contributed by atoms with Crippen molar-refractivity contribution < 1.29 is 14.3 Å². The van der Waals surface area contributed by atoms with Crippen molar-refractivity contribution in [2.75, 3.05) is 13.2 Å². The summed E-state index contributed by atoms with van der Waals surface area (Å²) in [4.78, 5) is 28.3. The minimum atomic E-state index is -0.606. The van der Waals surface area contributed by atoms with E-state index in [1.54, 1.807) is 6.07 Å². The van der Waals surface area contributed by atoms with Gasteiger partial charge in [0, 0.05) is 11.9 Å². The lowest BCUT2D eigenvalue weighted by atomic mass is 10.0. The fraction of sp³-hybridized carbons (Fsp3) is 0.261. The number of amides is 1. The monoisotopic (exact) mass is 376 g/mol. The second-order valence-electron chi connectivity index (χ2n) is 6.96. The summed E-state index contributed by atoms with van der Waals surface area (Å²) in [7, 11) is 0. The maximum Gasteiger partial charge on any atom is 0.357 e. The molecule has 0 bridgehead atoms. The first-order chi connectivity index (χ1) is 13.5. The number of rotatable bonds is 7. The van der Waals surface area contributed by atoms with Gasteiger partial charge in [-0.2, -0.15) is 0 Å². The molecular formula is C23H24N2O3. The van der Waals surface area contributed by atoms with Crippen LogP contribution in [0.3, 0.4) is 0 Å². The first-order valence-electron chi connectivity index (χ1n) is 9.41. The molecule has 1 heterocycles. The number of hydrogen-bond acceptors (Lipinski definition) is 4. The molecule has 0 unspecified atom stereocenters. The van der Waals surface area contributed by atoms with Crippen molar-refractivity contribution in [3.63, 3.8) is 0 Å². The van der Waals surface area contributed by atoms with Crippen LogP contribution in [0.25, 0.3) is 10.9 Å². The Bertz CT molecular complexity index is 965. The third-order valence-corrected chi connectivity index (χ3v) is 4.52. The molecule has 0 fully saturated rings. The standard InChI is InChI=1S/C23H24N2O3/c1-16(2)18-9-7-17(8-10-18)13-14-24-22(26)15-28-23(27)21-12-11-19-5-3-4-6-20(19)25-21/h3-12,16H,13-15H2,1-2H3,(H,24,26). The normalized spacial score (nSPS) is 10.8. The van der Waals surface area contributed by atoms with Gasteiger partial charge in [0.1, 0.15) is 5.69 Å². The van der Waals surface area contributed by atoms with Gasteiger partial charge < -0.3 is 10.1 Å². The summed E-state index contributed by atoms with van der Waals surface area (Å²) in [5, 5.41) is 3.71. The predicted octanol–water partition coefficient (Wildman–Crippen LogP) is 3.87. The number of aromatic nitrogens is 1. The third-order valence-electron chi connectivity index (χ3n) is 4.52. The van der Waals surface area contributed by atoms with Gasteiger partial charge in [-0.15, -0.1) is 0 Å². The van der Waals surface area contributed by atoms with Crippen molar-refractivity contribution in [2.45, 2.75) is 26.2 Å². The molecule has 5 heteroatoms. The van der Waals surface area contributed by atoms with Gasteiger partial charge in [-0.05, 0) is 35.6 Å². The molecule has 144 valence electrons. The second kappa shape index (κ2) is 9.13. The first kappa shape index (κ1) is 19.5. The molecule has 0 aliphatic heterocycles. The Balaban J connectivity index is 1.43. The zero-order valence-electron chi connectivity index (χ0n) is 16.1. The van der Waals surface area contributed by atoms with E-state index in [0.29, 0.717) is 18.0 Å². The third kappa shape index (κ3) is 5.16. The van der Waals surface area contributed by atoms with Gasteiger partial charge in [0.15, 0.2) is 6.61 Å². The number of nitrogens with zero attached hydrogens (tertiary/aromatic N) is 1. The first-order valence-corrected chi connectivity index (χ1v) is 9.41. The molecule has 2 aromatic carbocycles. The minimum Gasteiger partial charge on any atom is -0.451 e. The average Bonchev–Trinajstić information content (AvgIpc) is 2.72. The van der Waals surface area contributed by atoms with Gasteiger partial charge in [0.25, 0.3) is 5.91 Å². The summed E-state index contributed by atoms with van der Waals surface area (Å²) in [6.07, 6.45) is 0.726. The number of carbonyl (C=O) groups excluding carboxylic acids is 2. The van der Waals surface area contributed by atoms with Crippen LogP contribution in [0.4, 0.5) is 0 Å². The van der Waals surface area contributed by atoms with Crippen molar-refractivity contribution in [1.29, 1.82) is 0 Å². The number of hydrogen-bond donors (Lipinski definition) is 1. The summed E-state index contributed by atoms with van der Waals surface area (Å²) in [6, 6.07) is 19.3. The van der Waals surface area contributed by atoms with Gasteiger partial charge in [-0.3, -0.25) is 4.79 Å². The molecule has 0 aliphatic carbocycles. The van der Waals surface area contributed by atoms with Crippen LogP contribution in [-0.2, 0) is 16.0 Å². The summed E-state index contributed by atoms with van der Waals surface area (Å²) >= 11 is 0. The maximum absolute atomic E-state index is 12.1. The number of carbonyl (C=O) groups is 2. The maximum atomic E-state index is 12.1. The molecule has 0 saturated carbocycles. The Morgan fingerprint density at radius 1 is 1.00 bits per heavy atom. The molecule has 1 aromatic heterocycles. The molecule has 1 amide bonds. The van der Waals surface area contributed by atoms with E-state index >= 15 is 0 Å². The van der Waals surface area contributed by atoms with Crippen molar-refractivity contribution in [3.05, 3.63) is 77.5 Å². The van der Waals surface area contributed by atoms with Crippen LogP contribution in [-0.4, -0.2) is 30.0 Å². The molecule has 5 nitrogen and oxygen atoms in total. The van der Waals surface area contributed by atoms with E-state index in [9.17, 15) is 9.59 Å². The SMILES string of the molecule is CC(C)c1ccc(CCNC(=O)COC(=O)c2ccc3ccccc3n2)cc1. The Hall–Kier alpha value is -3.21. The Morgan fingerprint density at radius 2 is 1.75 bits per heavy atom. The van der Waals surface area contributed by atoms with Crippen LogP contribution in [0.2, 0.25) is 0 Å². The molecule has 3 aromatic rings. The lowest BCUT2D eigenvalue weighted by molar-refractivity contribution is -0.124. The lowest BCUT2D eigenvalue weighted by Crippen LogP contribution is -2.30. The summed E-state index contributed by atoms with van der Waals surface area (Å²) < 4.78 is 5.07. The molecule has 0 radical (unpaired) electrons. The molecule has 0 saturated heterocycles. The van der Waals surface area contributed by atoms with Crippen LogP contribution >= 0.6 is 0 Å². The van der Waals surface area contributed by atoms with Crippen molar-refractivity contribution in [3.8, 4) is 0 Å². The van der Waals surface area contributed by atoms with Gasteiger partial charge in [-0.25, -0.2) is 9.78 Å². The van der Waals surface area contributed by atoms with E-state index in [4.69, 9.17) is 4.74 Å². The van der Waals surface area contributed by atoms with E-state index in [2.05, 4.69) is 48.4 Å². The highest BCUT2D eigenvalue weighted by molar-refractivity contribution is 5.92. The molecule has 3 rings (SSSR count). The zero-order chi connectivity index (χ0) is 19.9. The Kier molecular flexibility index (Phi) is 6.37. The van der Waals surface area contributed by atoms with Crippen LogP contribution < -0.4 is 5.32 Å². The zero-order valence-corrected chi connectivity index (χ0v) is 16.1. The van der Waals surface area contributed by atoms with Gasteiger partial charge in [0.2, 0.25) is 0 Å². The number of benzene rings is 2. The number of para-hydroxylation sites is 1. The van der Waals surface area contributed by atoms with Crippen LogP contribution in [0, 0.1) is 0 Å². The Labute approximate surface area is 164 Å². The molecule has 0 spiro atoms. The number of pyridine rings is 1. The van der Waals surface area contributed by atoms with Gasteiger partial charge in [-0.1, -0.05) is 62.4 Å². The molecule has 28 heavy (non-hydrogen) atoms. The number of ether oxygens (including phenoxy) is 1. The molecule has 0 aliphatic rings. The van der Waals surface area contributed by atoms with E-state index in [0.717, 1.165) is 17.4 Å². The number of nitrogens with one attached hydrogen (secondary N) is 1. The fourth-order valence-electron chi connectivity index (χ4n) is 2.85.